The van der Waals surface area contributed by atoms with Crippen molar-refractivity contribution in [2.45, 2.75) is 37.7 Å². The summed E-state index contributed by atoms with van der Waals surface area (Å²) in [6, 6.07) is 10.2. The van der Waals surface area contributed by atoms with E-state index in [1.165, 1.54) is 18.9 Å². The molecule has 7 nitrogen and oxygen atoms in total. The first-order valence-electron chi connectivity index (χ1n) is 10.1. The minimum absolute atomic E-state index is 0.171. The van der Waals surface area contributed by atoms with E-state index in [1.807, 2.05) is 13.8 Å². The quantitative estimate of drug-likeness (QED) is 0.370. The van der Waals surface area contributed by atoms with E-state index in [2.05, 4.69) is 10.3 Å². The van der Waals surface area contributed by atoms with Gasteiger partial charge in [-0.25, -0.2) is 4.98 Å². The highest BCUT2D eigenvalue weighted by Gasteiger charge is 2.21. The third kappa shape index (κ3) is 5.37. The molecule has 3 aromatic rings. The van der Waals surface area contributed by atoms with Crippen molar-refractivity contribution < 1.29 is 14.3 Å². The summed E-state index contributed by atoms with van der Waals surface area (Å²) in [6.07, 6.45) is 0. The Morgan fingerprint density at radius 3 is 2.56 bits per heavy atom. The van der Waals surface area contributed by atoms with Gasteiger partial charge >= 0.3 is 0 Å². The third-order valence-electron chi connectivity index (χ3n) is 4.74. The fourth-order valence-electron chi connectivity index (χ4n) is 3.15. The minimum Gasteiger partial charge on any atom is -0.497 e. The molecule has 0 spiro atoms. The summed E-state index contributed by atoms with van der Waals surface area (Å²) >= 11 is 7.32. The number of methoxy groups -OCH3 is 2. The number of aromatic nitrogens is 2. The highest BCUT2D eigenvalue weighted by molar-refractivity contribution is 8.00. The molecule has 9 heteroatoms. The smallest absolute Gasteiger partial charge is 0.262 e. The zero-order valence-electron chi connectivity index (χ0n) is 18.6. The van der Waals surface area contributed by atoms with Crippen LogP contribution in [-0.2, 0) is 11.3 Å². The van der Waals surface area contributed by atoms with E-state index in [1.54, 1.807) is 55.0 Å². The van der Waals surface area contributed by atoms with Crippen molar-refractivity contribution in [1.82, 2.24) is 9.55 Å². The van der Waals surface area contributed by atoms with Crippen LogP contribution in [0, 0.1) is 5.92 Å². The predicted octanol–water partition coefficient (Wildman–Crippen LogP) is 4.84. The van der Waals surface area contributed by atoms with Gasteiger partial charge in [0, 0.05) is 17.6 Å². The lowest BCUT2D eigenvalue weighted by molar-refractivity contribution is -0.115. The number of ether oxygens (including phenoxy) is 2. The Morgan fingerprint density at radius 2 is 1.91 bits per heavy atom. The average Bonchev–Trinajstić information content (AvgIpc) is 2.76. The first-order chi connectivity index (χ1) is 15.2. The lowest BCUT2D eigenvalue weighted by atomic mass is 10.2. The maximum absolute atomic E-state index is 13.2. The van der Waals surface area contributed by atoms with Crippen LogP contribution in [0.15, 0.2) is 46.3 Å². The molecule has 1 aromatic heterocycles. The Hall–Kier alpha value is -2.71. The van der Waals surface area contributed by atoms with Crippen molar-refractivity contribution in [1.29, 1.82) is 0 Å². The number of rotatable bonds is 8. The number of benzene rings is 2. The molecule has 0 bridgehead atoms. The summed E-state index contributed by atoms with van der Waals surface area (Å²) in [5.74, 6) is 1.09. The van der Waals surface area contributed by atoms with Gasteiger partial charge in [0.15, 0.2) is 5.16 Å². The van der Waals surface area contributed by atoms with Crippen LogP contribution in [0.25, 0.3) is 10.9 Å². The van der Waals surface area contributed by atoms with Gasteiger partial charge in [-0.15, -0.1) is 0 Å². The molecule has 3 rings (SSSR count). The molecule has 0 radical (unpaired) electrons. The molecule has 0 aliphatic heterocycles. The van der Waals surface area contributed by atoms with Crippen molar-refractivity contribution in [3.63, 3.8) is 0 Å². The normalized spacial score (nSPS) is 12.1. The molecule has 2 aromatic carbocycles. The van der Waals surface area contributed by atoms with E-state index < -0.39 is 5.25 Å². The summed E-state index contributed by atoms with van der Waals surface area (Å²) in [4.78, 5) is 30.8. The Balaban J connectivity index is 1.92. The maximum Gasteiger partial charge on any atom is 0.262 e. The van der Waals surface area contributed by atoms with Gasteiger partial charge in [0.2, 0.25) is 5.91 Å². The maximum atomic E-state index is 13.2. The number of nitrogens with one attached hydrogen (secondary N) is 1. The van der Waals surface area contributed by atoms with Crippen molar-refractivity contribution in [2.24, 2.45) is 5.92 Å². The van der Waals surface area contributed by atoms with Crippen molar-refractivity contribution >= 4 is 45.9 Å². The van der Waals surface area contributed by atoms with E-state index in [-0.39, 0.29) is 17.4 Å². The second-order valence-corrected chi connectivity index (χ2v) is 9.43. The summed E-state index contributed by atoms with van der Waals surface area (Å²) in [6.45, 7) is 6.29. The molecule has 1 amide bonds. The first-order valence-corrected chi connectivity index (χ1v) is 11.4. The summed E-state index contributed by atoms with van der Waals surface area (Å²) in [5, 5.41) is 3.77. The standard InChI is InChI=1S/C23H26ClN3O4S/c1-13(2)12-27-22(29)17-10-15(24)6-8-18(17)26-23(27)32-14(3)21(28)25-19-11-16(30-4)7-9-20(19)31-5/h6-11,13-14H,12H2,1-5H3,(H,25,28). The zero-order chi connectivity index (χ0) is 23.4. The molecule has 1 N–H and O–H groups in total. The van der Waals surface area contributed by atoms with Gasteiger partial charge in [-0.2, -0.15) is 0 Å². The van der Waals surface area contributed by atoms with Crippen LogP contribution in [0.3, 0.4) is 0 Å². The van der Waals surface area contributed by atoms with Gasteiger partial charge in [0.05, 0.1) is 36.1 Å². The van der Waals surface area contributed by atoms with Crippen LogP contribution in [-0.4, -0.2) is 34.9 Å². The summed E-state index contributed by atoms with van der Waals surface area (Å²) in [7, 11) is 3.09. The number of hydrogen-bond donors (Lipinski definition) is 1. The number of fused-ring (bicyclic) bond motifs is 1. The number of halogens is 1. The SMILES string of the molecule is COc1ccc(OC)c(NC(=O)C(C)Sc2nc3ccc(Cl)cc3c(=O)n2CC(C)C)c1. The monoisotopic (exact) mass is 475 g/mol. The van der Waals surface area contributed by atoms with Gasteiger partial charge in [-0.3, -0.25) is 14.2 Å². The minimum atomic E-state index is -0.527. The number of carbonyl (C=O) groups is 1. The van der Waals surface area contributed by atoms with Gasteiger partial charge in [-0.05, 0) is 43.2 Å². The van der Waals surface area contributed by atoms with Crippen molar-refractivity contribution in [2.75, 3.05) is 19.5 Å². The highest BCUT2D eigenvalue weighted by Crippen LogP contribution is 2.31. The van der Waals surface area contributed by atoms with E-state index in [0.29, 0.717) is 44.8 Å². The molecular formula is C23H26ClN3O4S. The van der Waals surface area contributed by atoms with Crippen molar-refractivity contribution in [3.05, 3.63) is 51.8 Å². The van der Waals surface area contributed by atoms with E-state index >= 15 is 0 Å². The molecule has 0 saturated heterocycles. The Morgan fingerprint density at radius 1 is 1.16 bits per heavy atom. The van der Waals surface area contributed by atoms with Gasteiger partial charge < -0.3 is 14.8 Å². The first kappa shape index (κ1) is 23.9. The van der Waals surface area contributed by atoms with E-state index in [9.17, 15) is 9.59 Å². The van der Waals surface area contributed by atoms with Gasteiger partial charge in [0.25, 0.3) is 5.56 Å². The lowest BCUT2D eigenvalue weighted by Crippen LogP contribution is -2.28. The summed E-state index contributed by atoms with van der Waals surface area (Å²) < 4.78 is 12.2. The average molecular weight is 476 g/mol. The molecule has 0 saturated carbocycles. The lowest BCUT2D eigenvalue weighted by Gasteiger charge is -2.18. The molecule has 1 atom stereocenters. The fourth-order valence-corrected chi connectivity index (χ4v) is 4.24. The zero-order valence-corrected chi connectivity index (χ0v) is 20.2. The molecule has 0 fully saturated rings. The Bertz CT molecular complexity index is 1200. The number of thioether (sulfide) groups is 1. The van der Waals surface area contributed by atoms with Crippen LogP contribution >= 0.6 is 23.4 Å². The van der Waals surface area contributed by atoms with Crippen LogP contribution in [0.4, 0.5) is 5.69 Å². The molecule has 1 unspecified atom stereocenters. The van der Waals surface area contributed by atoms with Gasteiger partial charge in [0.1, 0.15) is 11.5 Å². The second-order valence-electron chi connectivity index (χ2n) is 7.68. The van der Waals surface area contributed by atoms with Gasteiger partial charge in [-0.1, -0.05) is 37.2 Å². The number of hydrogen-bond acceptors (Lipinski definition) is 6. The van der Waals surface area contributed by atoms with Crippen LogP contribution in [0.1, 0.15) is 20.8 Å². The highest BCUT2D eigenvalue weighted by atomic mass is 35.5. The predicted molar refractivity (Wildman–Crippen MR) is 129 cm³/mol. The number of nitrogens with zero attached hydrogens (tertiary/aromatic N) is 2. The topological polar surface area (TPSA) is 82.5 Å². The van der Waals surface area contributed by atoms with Crippen LogP contribution in [0.2, 0.25) is 5.02 Å². The Labute approximate surface area is 196 Å². The fraction of sp³-hybridized carbons (Fsp3) is 0.348. The molecule has 0 aliphatic carbocycles. The molecular weight excluding hydrogens is 450 g/mol. The van der Waals surface area contributed by atoms with Crippen molar-refractivity contribution in [3.8, 4) is 11.5 Å². The third-order valence-corrected chi connectivity index (χ3v) is 6.07. The second kappa shape index (κ2) is 10.3. The molecule has 1 heterocycles. The largest absolute Gasteiger partial charge is 0.497 e. The molecule has 32 heavy (non-hydrogen) atoms. The van der Waals surface area contributed by atoms with Crippen LogP contribution < -0.4 is 20.3 Å². The van der Waals surface area contributed by atoms with Crippen LogP contribution in [0.5, 0.6) is 11.5 Å². The number of anilines is 1. The molecule has 0 aliphatic rings. The number of carbonyl (C=O) groups excluding carboxylic acids is 1. The Kier molecular flexibility index (Phi) is 7.69. The van der Waals surface area contributed by atoms with E-state index in [4.69, 9.17) is 21.1 Å². The number of amides is 1. The summed E-state index contributed by atoms with van der Waals surface area (Å²) in [5.41, 5.74) is 0.879. The van der Waals surface area contributed by atoms with E-state index in [0.717, 1.165) is 0 Å². The molecule has 170 valence electrons.